The van der Waals surface area contributed by atoms with Crippen LogP contribution >= 0.6 is 0 Å². The Kier molecular flexibility index (Phi) is 7.12. The van der Waals surface area contributed by atoms with Gasteiger partial charge >= 0.3 is 0 Å². The van der Waals surface area contributed by atoms with Gasteiger partial charge in [0, 0.05) is 24.9 Å². The predicted molar refractivity (Wildman–Crippen MR) is 97.5 cm³/mol. The minimum absolute atomic E-state index is 0.0289. The van der Waals surface area contributed by atoms with Crippen LogP contribution in [0.4, 0.5) is 0 Å². The van der Waals surface area contributed by atoms with E-state index in [-0.39, 0.29) is 23.9 Å². The van der Waals surface area contributed by atoms with Gasteiger partial charge in [-0.05, 0) is 36.5 Å². The Morgan fingerprint density at radius 2 is 1.08 bits per heavy atom. The van der Waals surface area contributed by atoms with E-state index in [1.54, 1.807) is 0 Å². The van der Waals surface area contributed by atoms with Gasteiger partial charge in [-0.2, -0.15) is 0 Å². The molecule has 0 aliphatic heterocycles. The Hall–Kier alpha value is -1.06. The molecule has 2 amide bonds. The van der Waals surface area contributed by atoms with E-state index in [1.807, 2.05) is 0 Å². The van der Waals surface area contributed by atoms with Crippen molar-refractivity contribution in [3.63, 3.8) is 0 Å². The number of amides is 2. The number of hydrogen-bond donors (Lipinski definition) is 2. The van der Waals surface area contributed by atoms with Crippen LogP contribution in [0.1, 0.15) is 79.1 Å². The van der Waals surface area contributed by atoms with Crippen molar-refractivity contribution >= 4 is 11.8 Å². The van der Waals surface area contributed by atoms with Crippen molar-refractivity contribution in [2.24, 2.45) is 23.7 Å². The van der Waals surface area contributed by atoms with Crippen LogP contribution in [0.2, 0.25) is 0 Å². The minimum atomic E-state index is 0.0289. The molecule has 0 aromatic heterocycles. The molecule has 2 fully saturated rings. The molecule has 0 aromatic carbocycles. The highest BCUT2D eigenvalue weighted by Crippen LogP contribution is 2.30. The summed E-state index contributed by atoms with van der Waals surface area (Å²) in [5, 5.41) is 6.31. The second-order valence-electron chi connectivity index (χ2n) is 8.38. The summed E-state index contributed by atoms with van der Waals surface area (Å²) in [6.07, 6.45) is 7.65. The highest BCUT2D eigenvalue weighted by molar-refractivity contribution is 5.84. The Bertz CT molecular complexity index is 397. The van der Waals surface area contributed by atoms with Crippen LogP contribution < -0.4 is 10.6 Å². The Morgan fingerprint density at radius 1 is 0.708 bits per heavy atom. The third-order valence-corrected chi connectivity index (χ3v) is 6.69. The van der Waals surface area contributed by atoms with Crippen LogP contribution in [0, 0.1) is 23.7 Å². The molecule has 2 N–H and O–H groups in total. The van der Waals surface area contributed by atoms with E-state index in [4.69, 9.17) is 0 Å². The van der Waals surface area contributed by atoms with Crippen LogP contribution in [0.3, 0.4) is 0 Å². The monoisotopic (exact) mass is 336 g/mol. The van der Waals surface area contributed by atoms with E-state index in [2.05, 4.69) is 38.3 Å². The van der Waals surface area contributed by atoms with Crippen LogP contribution in [0.25, 0.3) is 0 Å². The van der Waals surface area contributed by atoms with Crippen molar-refractivity contribution in [2.75, 3.05) is 0 Å². The number of hydrogen-bond acceptors (Lipinski definition) is 2. The van der Waals surface area contributed by atoms with E-state index in [1.165, 1.54) is 25.7 Å². The summed E-state index contributed by atoms with van der Waals surface area (Å²) < 4.78 is 0. The SMILES string of the molecule is C[C@@H]1[C@@H](C)CCC[C@H]1NC(=O)CCC(=O)N[C@H]1CCC[C@@H](C)[C@@H]1C. The lowest BCUT2D eigenvalue weighted by Gasteiger charge is -2.35. The molecule has 2 aliphatic carbocycles. The quantitative estimate of drug-likeness (QED) is 0.805. The van der Waals surface area contributed by atoms with Gasteiger partial charge in [0.15, 0.2) is 0 Å². The molecule has 0 saturated heterocycles. The third-order valence-electron chi connectivity index (χ3n) is 6.69. The first-order valence-electron chi connectivity index (χ1n) is 9.97. The molecule has 2 rings (SSSR count). The van der Waals surface area contributed by atoms with Gasteiger partial charge in [-0.25, -0.2) is 0 Å². The average molecular weight is 337 g/mol. The smallest absolute Gasteiger partial charge is 0.220 e. The van der Waals surface area contributed by atoms with Crippen molar-refractivity contribution in [1.29, 1.82) is 0 Å². The molecule has 0 aromatic rings. The second-order valence-corrected chi connectivity index (χ2v) is 8.38. The lowest BCUT2D eigenvalue weighted by atomic mass is 9.78. The first-order chi connectivity index (χ1) is 11.4. The van der Waals surface area contributed by atoms with E-state index < -0.39 is 0 Å². The molecular weight excluding hydrogens is 300 g/mol. The lowest BCUT2D eigenvalue weighted by Crippen LogP contribution is -2.45. The molecule has 138 valence electrons. The standard InChI is InChI=1S/C20H36N2O2/c1-13-7-5-9-17(15(13)3)21-19(23)11-12-20(24)22-18-10-6-8-14(2)16(18)4/h13-18H,5-12H2,1-4H3,(H,21,23)(H,22,24)/t13-,14+,15+,16-,17+,18-. The fraction of sp³-hybridized carbons (Fsp3) is 0.900. The van der Waals surface area contributed by atoms with E-state index >= 15 is 0 Å². The summed E-state index contributed by atoms with van der Waals surface area (Å²) in [6.45, 7) is 8.99. The predicted octanol–water partition coefficient (Wildman–Crippen LogP) is 3.65. The summed E-state index contributed by atoms with van der Waals surface area (Å²) in [5.74, 6) is 2.45. The maximum absolute atomic E-state index is 12.2. The Morgan fingerprint density at radius 3 is 1.46 bits per heavy atom. The van der Waals surface area contributed by atoms with Gasteiger partial charge in [-0.3, -0.25) is 9.59 Å². The average Bonchev–Trinajstić information content (AvgIpc) is 2.54. The summed E-state index contributed by atoms with van der Waals surface area (Å²) in [5.41, 5.74) is 0. The minimum Gasteiger partial charge on any atom is -0.353 e. The van der Waals surface area contributed by atoms with Crippen LogP contribution in [0.15, 0.2) is 0 Å². The first kappa shape index (κ1) is 19.3. The normalized spacial score (nSPS) is 36.8. The topological polar surface area (TPSA) is 58.2 Å². The Labute approximate surface area is 147 Å². The maximum atomic E-state index is 12.2. The van der Waals surface area contributed by atoms with Gasteiger partial charge in [-0.15, -0.1) is 0 Å². The zero-order chi connectivity index (χ0) is 17.7. The molecule has 2 saturated carbocycles. The van der Waals surface area contributed by atoms with Crippen molar-refractivity contribution in [3.05, 3.63) is 0 Å². The molecule has 0 bridgehead atoms. The molecule has 0 unspecified atom stereocenters. The van der Waals surface area contributed by atoms with E-state index in [9.17, 15) is 9.59 Å². The first-order valence-corrected chi connectivity index (χ1v) is 9.97. The van der Waals surface area contributed by atoms with Crippen LogP contribution in [-0.2, 0) is 9.59 Å². The fourth-order valence-electron chi connectivity index (χ4n) is 4.36. The molecule has 4 heteroatoms. The lowest BCUT2D eigenvalue weighted by molar-refractivity contribution is -0.128. The molecule has 0 radical (unpaired) electrons. The van der Waals surface area contributed by atoms with Crippen molar-refractivity contribution in [2.45, 2.75) is 91.1 Å². The summed E-state index contributed by atoms with van der Waals surface area (Å²) in [7, 11) is 0. The summed E-state index contributed by atoms with van der Waals surface area (Å²) >= 11 is 0. The number of carbonyl (C=O) groups is 2. The highest BCUT2D eigenvalue weighted by Gasteiger charge is 2.29. The fourth-order valence-corrected chi connectivity index (χ4v) is 4.36. The second kappa shape index (κ2) is 8.87. The molecule has 24 heavy (non-hydrogen) atoms. The van der Waals surface area contributed by atoms with Gasteiger partial charge in [0.05, 0.1) is 0 Å². The zero-order valence-electron chi connectivity index (χ0n) is 15.9. The molecule has 4 nitrogen and oxygen atoms in total. The number of rotatable bonds is 5. The van der Waals surface area contributed by atoms with Gasteiger partial charge in [0.2, 0.25) is 11.8 Å². The zero-order valence-corrected chi connectivity index (χ0v) is 15.9. The summed E-state index contributed by atoms with van der Waals surface area (Å²) in [4.78, 5) is 24.4. The molecule has 0 spiro atoms. The van der Waals surface area contributed by atoms with E-state index in [0.29, 0.717) is 36.5 Å². The molecule has 0 heterocycles. The van der Waals surface area contributed by atoms with Crippen LogP contribution in [0.5, 0.6) is 0 Å². The van der Waals surface area contributed by atoms with E-state index in [0.717, 1.165) is 12.8 Å². The van der Waals surface area contributed by atoms with Gasteiger partial charge in [0.1, 0.15) is 0 Å². The molecule has 6 atom stereocenters. The summed E-state index contributed by atoms with van der Waals surface area (Å²) in [6, 6.07) is 0.562. The van der Waals surface area contributed by atoms with Gasteiger partial charge in [0.25, 0.3) is 0 Å². The third kappa shape index (κ3) is 5.22. The van der Waals surface area contributed by atoms with Crippen molar-refractivity contribution in [1.82, 2.24) is 10.6 Å². The Balaban J connectivity index is 1.70. The van der Waals surface area contributed by atoms with Crippen molar-refractivity contribution < 1.29 is 9.59 Å². The maximum Gasteiger partial charge on any atom is 0.220 e. The molecular formula is C20H36N2O2. The van der Waals surface area contributed by atoms with Gasteiger partial charge < -0.3 is 10.6 Å². The number of nitrogens with one attached hydrogen (secondary N) is 2. The highest BCUT2D eigenvalue weighted by atomic mass is 16.2. The largest absolute Gasteiger partial charge is 0.353 e. The molecule has 2 aliphatic rings. The van der Waals surface area contributed by atoms with Crippen molar-refractivity contribution in [3.8, 4) is 0 Å². The van der Waals surface area contributed by atoms with Gasteiger partial charge in [-0.1, -0.05) is 53.4 Å². The van der Waals surface area contributed by atoms with Crippen LogP contribution in [-0.4, -0.2) is 23.9 Å². The number of carbonyl (C=O) groups excluding carboxylic acids is 2.